The van der Waals surface area contributed by atoms with Gasteiger partial charge in [-0.1, -0.05) is 0 Å². The number of nitrogens with one attached hydrogen (secondary N) is 2. The molecule has 1 aliphatic rings. The molecule has 0 aliphatic carbocycles. The first kappa shape index (κ1) is 24.8. The van der Waals surface area contributed by atoms with E-state index >= 15 is 0 Å². The quantitative estimate of drug-likeness (QED) is 0.356. The Labute approximate surface area is 185 Å². The molecule has 4 atom stereocenters. The highest BCUT2D eigenvalue weighted by Crippen LogP contribution is 2.28. The van der Waals surface area contributed by atoms with Crippen LogP contribution in [-0.2, 0) is 20.9 Å². The van der Waals surface area contributed by atoms with Gasteiger partial charge in [0.1, 0.15) is 18.0 Å². The Bertz CT molecular complexity index is 1100. The number of carbonyl (C=O) groups is 1. The Hall–Kier alpha value is -2.85. The van der Waals surface area contributed by atoms with Gasteiger partial charge < -0.3 is 25.4 Å². The van der Waals surface area contributed by atoms with Gasteiger partial charge >= 0.3 is 12.1 Å². The van der Waals surface area contributed by atoms with Crippen LogP contribution in [0.3, 0.4) is 0 Å². The first-order chi connectivity index (χ1) is 15.4. The number of carboxylic acids is 1. The Kier molecular flexibility index (Phi) is 7.18. The average Bonchev–Trinajstić information content (AvgIpc) is 2.76. The zero-order valence-electron chi connectivity index (χ0n) is 16.6. The normalized spacial score (nSPS) is 23.8. The molecule has 1 fully saturated rings. The molecular weight excluding hydrogens is 473 g/mol. The summed E-state index contributed by atoms with van der Waals surface area (Å²) in [5.41, 5.74) is -1.35. The van der Waals surface area contributed by atoms with E-state index in [1.807, 2.05) is 0 Å². The van der Waals surface area contributed by atoms with Gasteiger partial charge in [-0.2, -0.15) is 13.2 Å². The number of nitrogens with zero attached hydrogens (tertiary/aromatic N) is 2. The molecule has 0 spiro atoms. The molecule has 0 bridgehead atoms. The Morgan fingerprint density at radius 3 is 2.42 bits per heavy atom. The van der Waals surface area contributed by atoms with E-state index in [1.54, 1.807) is 0 Å². The van der Waals surface area contributed by atoms with Crippen LogP contribution in [0.15, 0.2) is 41.6 Å². The number of aliphatic hydroxyl groups excluding tert-OH is 2. The maximum atomic E-state index is 12.8. The van der Waals surface area contributed by atoms with Crippen molar-refractivity contribution in [2.45, 2.75) is 35.4 Å². The van der Waals surface area contributed by atoms with E-state index in [1.165, 1.54) is 0 Å². The number of hydrogen-bond acceptors (Lipinski definition) is 9. The second-order valence-corrected chi connectivity index (χ2v) is 8.84. The number of carboxylic acid groups (broad SMARTS) is 1. The minimum Gasteiger partial charge on any atom is -0.478 e. The molecular formula is C18H19F3N4O7S. The van der Waals surface area contributed by atoms with Crippen LogP contribution >= 0.6 is 0 Å². The first-order valence-electron chi connectivity index (χ1n) is 9.35. The Balaban J connectivity index is 1.60. The lowest BCUT2D eigenvalue weighted by molar-refractivity contribution is -0.141. The van der Waals surface area contributed by atoms with Crippen molar-refractivity contribution in [2.75, 3.05) is 18.5 Å². The maximum Gasteiger partial charge on any atom is 0.434 e. The van der Waals surface area contributed by atoms with Gasteiger partial charge in [0.15, 0.2) is 5.69 Å². The number of hydrogen-bond donors (Lipinski definition) is 5. The molecule has 11 nitrogen and oxygen atoms in total. The molecule has 5 N–H and O–H groups in total. The summed E-state index contributed by atoms with van der Waals surface area (Å²) >= 11 is 0. The van der Waals surface area contributed by atoms with Gasteiger partial charge in [0.25, 0.3) is 0 Å². The zero-order chi connectivity index (χ0) is 24.4. The number of halogens is 3. The molecule has 0 radical (unpaired) electrons. The summed E-state index contributed by atoms with van der Waals surface area (Å²) in [6.45, 7) is -0.715. The van der Waals surface area contributed by atoms with E-state index in [0.717, 1.165) is 30.5 Å². The molecule has 0 unspecified atom stereocenters. The lowest BCUT2D eigenvalue weighted by atomic mass is 9.98. The predicted molar refractivity (Wildman–Crippen MR) is 105 cm³/mol. The molecule has 0 saturated carbocycles. The molecule has 1 aromatic carbocycles. The van der Waals surface area contributed by atoms with Gasteiger partial charge in [-0.25, -0.2) is 22.9 Å². The lowest BCUT2D eigenvalue weighted by Gasteiger charge is -2.38. The zero-order valence-corrected chi connectivity index (χ0v) is 17.4. The molecule has 2 heterocycles. The number of sulfonamides is 1. The smallest absolute Gasteiger partial charge is 0.434 e. The number of ether oxygens (including phenoxy) is 1. The van der Waals surface area contributed by atoms with E-state index in [0.29, 0.717) is 6.20 Å². The second kappa shape index (κ2) is 9.56. The standard InChI is InChI=1S/C18H19F3N4O7S/c19-18(20,21)13-6-22-7-14(25-13)24-11-8-32-12(16(27)15(11)26)5-23-33(30,31)10-3-1-9(2-4-10)17(28)29/h1-4,6-7,11-12,15-16,23,26-27H,5,8H2,(H,24,25)(H,28,29)/t11-,12+,15+,16-/m0/s1. The summed E-state index contributed by atoms with van der Waals surface area (Å²) in [5.74, 6) is -1.52. The van der Waals surface area contributed by atoms with Crippen molar-refractivity contribution in [3.05, 3.63) is 47.9 Å². The highest BCUT2D eigenvalue weighted by molar-refractivity contribution is 7.89. The fourth-order valence-corrected chi connectivity index (χ4v) is 4.05. The molecule has 0 amide bonds. The molecule has 33 heavy (non-hydrogen) atoms. The summed E-state index contributed by atoms with van der Waals surface area (Å²) < 4.78 is 70.6. The van der Waals surface area contributed by atoms with Crippen LogP contribution in [0.1, 0.15) is 16.1 Å². The second-order valence-electron chi connectivity index (χ2n) is 7.07. The number of aromatic carboxylic acids is 1. The van der Waals surface area contributed by atoms with Crippen molar-refractivity contribution in [3.8, 4) is 0 Å². The minimum atomic E-state index is -4.72. The third-order valence-corrected chi connectivity index (χ3v) is 6.22. The molecule has 1 saturated heterocycles. The fraction of sp³-hybridized carbons (Fsp3) is 0.389. The van der Waals surface area contributed by atoms with Crippen LogP contribution in [0.5, 0.6) is 0 Å². The van der Waals surface area contributed by atoms with Gasteiger partial charge in [0, 0.05) is 6.54 Å². The van der Waals surface area contributed by atoms with Gasteiger partial charge in [-0.15, -0.1) is 0 Å². The predicted octanol–water partition coefficient (Wildman–Crippen LogP) is 0.0732. The number of aliphatic hydroxyl groups is 2. The van der Waals surface area contributed by atoms with Crippen LogP contribution < -0.4 is 10.0 Å². The molecule has 3 rings (SSSR count). The van der Waals surface area contributed by atoms with E-state index < -0.39 is 58.8 Å². The first-order valence-corrected chi connectivity index (χ1v) is 10.8. The molecule has 2 aromatic rings. The summed E-state index contributed by atoms with van der Waals surface area (Å²) in [6.07, 6.45) is -7.47. The lowest BCUT2D eigenvalue weighted by Crippen LogP contribution is -2.58. The topological polar surface area (TPSA) is 171 Å². The van der Waals surface area contributed by atoms with Crippen molar-refractivity contribution < 1.29 is 46.4 Å². The molecule has 1 aromatic heterocycles. The van der Waals surface area contributed by atoms with Crippen LogP contribution in [-0.4, -0.2) is 77.2 Å². The summed E-state index contributed by atoms with van der Waals surface area (Å²) in [4.78, 5) is 17.4. The molecule has 15 heteroatoms. The van der Waals surface area contributed by atoms with Gasteiger partial charge in [-0.05, 0) is 24.3 Å². The number of rotatable bonds is 7. The highest BCUT2D eigenvalue weighted by Gasteiger charge is 2.39. The van der Waals surface area contributed by atoms with E-state index in [4.69, 9.17) is 9.84 Å². The monoisotopic (exact) mass is 492 g/mol. The van der Waals surface area contributed by atoms with E-state index in [9.17, 15) is 36.6 Å². The third-order valence-electron chi connectivity index (χ3n) is 4.78. The summed E-state index contributed by atoms with van der Waals surface area (Å²) in [5, 5.41) is 32.0. The SMILES string of the molecule is O=C(O)c1ccc(S(=O)(=O)NC[C@H]2OC[C@H](Nc3cncc(C(F)(F)F)n3)[C@@H](O)[C@H]2O)cc1. The van der Waals surface area contributed by atoms with Gasteiger partial charge in [-0.3, -0.25) is 4.98 Å². The fourth-order valence-electron chi connectivity index (χ4n) is 3.00. The minimum absolute atomic E-state index is 0.105. The molecule has 180 valence electrons. The van der Waals surface area contributed by atoms with Crippen LogP contribution in [0.2, 0.25) is 0 Å². The largest absolute Gasteiger partial charge is 0.478 e. The van der Waals surface area contributed by atoms with Crippen LogP contribution in [0.4, 0.5) is 19.0 Å². The number of anilines is 1. The third kappa shape index (κ3) is 5.94. The highest BCUT2D eigenvalue weighted by atomic mass is 32.2. The van der Waals surface area contributed by atoms with Gasteiger partial charge in [0.2, 0.25) is 10.0 Å². The van der Waals surface area contributed by atoms with E-state index in [2.05, 4.69) is 20.0 Å². The van der Waals surface area contributed by atoms with Crippen LogP contribution in [0, 0.1) is 0 Å². The Morgan fingerprint density at radius 2 is 1.82 bits per heavy atom. The Morgan fingerprint density at radius 1 is 1.15 bits per heavy atom. The van der Waals surface area contributed by atoms with Gasteiger partial charge in [0.05, 0.1) is 41.6 Å². The van der Waals surface area contributed by atoms with Crippen molar-refractivity contribution in [2.24, 2.45) is 0 Å². The summed E-state index contributed by atoms with van der Waals surface area (Å²) in [6, 6.07) is 3.36. The average molecular weight is 492 g/mol. The summed E-state index contributed by atoms with van der Waals surface area (Å²) in [7, 11) is -4.08. The molecule has 1 aliphatic heterocycles. The number of aromatic nitrogens is 2. The van der Waals surface area contributed by atoms with Crippen molar-refractivity contribution >= 4 is 21.8 Å². The number of alkyl halides is 3. The van der Waals surface area contributed by atoms with Crippen molar-refractivity contribution in [1.29, 1.82) is 0 Å². The van der Waals surface area contributed by atoms with E-state index in [-0.39, 0.29) is 22.9 Å². The maximum absolute atomic E-state index is 12.8. The van der Waals surface area contributed by atoms with Crippen molar-refractivity contribution in [3.63, 3.8) is 0 Å². The van der Waals surface area contributed by atoms with Crippen LogP contribution in [0.25, 0.3) is 0 Å². The van der Waals surface area contributed by atoms with Crippen molar-refractivity contribution in [1.82, 2.24) is 14.7 Å². The number of benzene rings is 1.